The van der Waals surface area contributed by atoms with Gasteiger partial charge in [0.1, 0.15) is 12.1 Å². The lowest BCUT2D eigenvalue weighted by Crippen LogP contribution is -2.20. The number of pyridine rings is 1. The molecule has 17 heavy (non-hydrogen) atoms. The topological polar surface area (TPSA) is 73.6 Å². The maximum atomic E-state index is 11.1. The Balaban J connectivity index is 2.41. The van der Waals surface area contributed by atoms with Crippen LogP contribution in [-0.4, -0.2) is 41.1 Å². The lowest BCUT2D eigenvalue weighted by molar-refractivity contribution is 0.0479. The lowest BCUT2D eigenvalue weighted by Gasteiger charge is -2.09. The van der Waals surface area contributed by atoms with Crippen LogP contribution in [0, 0.1) is 0 Å². The van der Waals surface area contributed by atoms with Gasteiger partial charge in [0.2, 0.25) is 0 Å². The van der Waals surface area contributed by atoms with Crippen molar-refractivity contribution in [2.75, 3.05) is 20.3 Å². The van der Waals surface area contributed by atoms with E-state index in [9.17, 15) is 4.79 Å². The normalized spacial score (nSPS) is 10.6. The van der Waals surface area contributed by atoms with E-state index in [2.05, 4.69) is 4.98 Å². The molecule has 2 rings (SSSR count). The van der Waals surface area contributed by atoms with Crippen LogP contribution in [0.4, 0.5) is 0 Å². The molecule has 6 nitrogen and oxygen atoms in total. The monoisotopic (exact) mass is 236 g/mol. The van der Waals surface area contributed by atoms with E-state index in [1.54, 1.807) is 31.6 Å². The average Bonchev–Trinajstić information content (AvgIpc) is 2.69. The van der Waals surface area contributed by atoms with Gasteiger partial charge in [0.15, 0.2) is 5.69 Å². The molecule has 0 saturated carbocycles. The van der Waals surface area contributed by atoms with Crippen molar-refractivity contribution in [3.8, 4) is 0 Å². The number of carbonyl (C=O) groups is 1. The van der Waals surface area contributed by atoms with Crippen molar-refractivity contribution >= 4 is 16.9 Å². The van der Waals surface area contributed by atoms with Gasteiger partial charge in [-0.3, -0.25) is 4.98 Å². The molecule has 0 unspecified atom stereocenters. The molecule has 0 aliphatic carbocycles. The smallest absolute Gasteiger partial charge is 0.356 e. The Bertz CT molecular complexity index is 535. The van der Waals surface area contributed by atoms with Gasteiger partial charge in [-0.2, -0.15) is 4.73 Å². The molecule has 0 radical (unpaired) electrons. The Morgan fingerprint density at radius 1 is 1.53 bits per heavy atom. The summed E-state index contributed by atoms with van der Waals surface area (Å²) < 4.78 is 6.12. The molecule has 2 heterocycles. The minimum absolute atomic E-state index is 0.0732. The third-order valence-electron chi connectivity index (χ3n) is 2.29. The van der Waals surface area contributed by atoms with E-state index >= 15 is 0 Å². The summed E-state index contributed by atoms with van der Waals surface area (Å²) in [5, 5.41) is 9.84. The van der Waals surface area contributed by atoms with Gasteiger partial charge in [-0.1, -0.05) is 0 Å². The number of ether oxygens (including phenoxy) is 1. The van der Waals surface area contributed by atoms with E-state index in [1.165, 1.54) is 4.73 Å². The molecule has 2 aromatic heterocycles. The van der Waals surface area contributed by atoms with Crippen LogP contribution >= 0.6 is 0 Å². The third-order valence-corrected chi connectivity index (χ3v) is 2.29. The van der Waals surface area contributed by atoms with E-state index in [-0.39, 0.29) is 12.3 Å². The second kappa shape index (κ2) is 4.84. The SMILES string of the molecule is COCCOn1c(C(=O)O)cc2ccncc21. The van der Waals surface area contributed by atoms with E-state index in [0.717, 1.165) is 5.39 Å². The van der Waals surface area contributed by atoms with Gasteiger partial charge in [-0.15, -0.1) is 0 Å². The van der Waals surface area contributed by atoms with Crippen molar-refractivity contribution in [1.82, 2.24) is 9.71 Å². The Morgan fingerprint density at radius 3 is 3.06 bits per heavy atom. The molecule has 6 heteroatoms. The van der Waals surface area contributed by atoms with Crippen molar-refractivity contribution in [3.63, 3.8) is 0 Å². The minimum atomic E-state index is -1.04. The van der Waals surface area contributed by atoms with Crippen LogP contribution in [-0.2, 0) is 4.74 Å². The molecule has 0 saturated heterocycles. The second-order valence-electron chi connectivity index (χ2n) is 3.39. The molecule has 0 spiro atoms. The highest BCUT2D eigenvalue weighted by Crippen LogP contribution is 2.17. The summed E-state index contributed by atoms with van der Waals surface area (Å²) in [5.74, 6) is -1.04. The van der Waals surface area contributed by atoms with Crippen LogP contribution in [0.25, 0.3) is 10.9 Å². The van der Waals surface area contributed by atoms with Crippen molar-refractivity contribution < 1.29 is 19.5 Å². The van der Waals surface area contributed by atoms with Gasteiger partial charge >= 0.3 is 5.97 Å². The quantitative estimate of drug-likeness (QED) is 0.777. The number of nitrogens with zero attached hydrogens (tertiary/aromatic N) is 2. The summed E-state index contributed by atoms with van der Waals surface area (Å²) in [4.78, 5) is 20.4. The predicted molar refractivity (Wildman–Crippen MR) is 60.0 cm³/mol. The summed E-state index contributed by atoms with van der Waals surface area (Å²) in [7, 11) is 1.55. The zero-order chi connectivity index (χ0) is 12.3. The molecule has 0 fully saturated rings. The van der Waals surface area contributed by atoms with Gasteiger partial charge in [-0.05, 0) is 12.1 Å². The third kappa shape index (κ3) is 2.21. The zero-order valence-electron chi connectivity index (χ0n) is 9.29. The maximum Gasteiger partial charge on any atom is 0.356 e. The van der Waals surface area contributed by atoms with Crippen LogP contribution in [0.15, 0.2) is 24.5 Å². The van der Waals surface area contributed by atoms with Crippen molar-refractivity contribution in [1.29, 1.82) is 0 Å². The van der Waals surface area contributed by atoms with Crippen LogP contribution in [0.5, 0.6) is 0 Å². The van der Waals surface area contributed by atoms with E-state index in [4.69, 9.17) is 14.7 Å². The van der Waals surface area contributed by atoms with Gasteiger partial charge in [0, 0.05) is 18.7 Å². The zero-order valence-corrected chi connectivity index (χ0v) is 9.29. The highest BCUT2D eigenvalue weighted by Gasteiger charge is 2.15. The molecular weight excluding hydrogens is 224 g/mol. The molecule has 0 aliphatic heterocycles. The first-order valence-electron chi connectivity index (χ1n) is 5.05. The molecule has 0 atom stereocenters. The highest BCUT2D eigenvalue weighted by molar-refractivity contribution is 5.93. The first-order chi connectivity index (χ1) is 8.24. The summed E-state index contributed by atoms with van der Waals surface area (Å²) >= 11 is 0. The maximum absolute atomic E-state index is 11.1. The summed E-state index contributed by atoms with van der Waals surface area (Å²) in [5.41, 5.74) is 0.699. The number of aromatic nitrogens is 2. The van der Waals surface area contributed by atoms with E-state index < -0.39 is 5.97 Å². The Kier molecular flexibility index (Phi) is 3.24. The molecule has 1 N–H and O–H groups in total. The van der Waals surface area contributed by atoms with Gasteiger partial charge in [0.05, 0.1) is 12.8 Å². The Labute approximate surface area is 97.3 Å². The minimum Gasteiger partial charge on any atom is -0.476 e. The Morgan fingerprint density at radius 2 is 2.35 bits per heavy atom. The summed E-state index contributed by atoms with van der Waals surface area (Å²) in [6, 6.07) is 3.28. The van der Waals surface area contributed by atoms with Crippen LogP contribution in [0.2, 0.25) is 0 Å². The molecular formula is C11H12N2O4. The Hall–Kier alpha value is -2.08. The number of aromatic carboxylic acids is 1. The molecule has 0 bridgehead atoms. The van der Waals surface area contributed by atoms with Crippen molar-refractivity contribution in [2.45, 2.75) is 0 Å². The fraction of sp³-hybridized carbons (Fsp3) is 0.273. The predicted octanol–water partition coefficient (Wildman–Crippen LogP) is 0.809. The lowest BCUT2D eigenvalue weighted by atomic mass is 10.3. The van der Waals surface area contributed by atoms with Crippen molar-refractivity contribution in [2.24, 2.45) is 0 Å². The van der Waals surface area contributed by atoms with Gasteiger partial charge in [0.25, 0.3) is 0 Å². The number of rotatable bonds is 5. The fourth-order valence-electron chi connectivity index (χ4n) is 1.52. The number of carboxylic acid groups (broad SMARTS) is 1. The van der Waals surface area contributed by atoms with Gasteiger partial charge < -0.3 is 14.7 Å². The van der Waals surface area contributed by atoms with Gasteiger partial charge in [-0.25, -0.2) is 4.79 Å². The molecule has 0 aliphatic rings. The fourth-order valence-corrected chi connectivity index (χ4v) is 1.52. The summed E-state index contributed by atoms with van der Waals surface area (Å²) in [6.07, 6.45) is 3.17. The first kappa shape index (κ1) is 11.4. The number of fused-ring (bicyclic) bond motifs is 1. The number of hydrogen-bond donors (Lipinski definition) is 1. The average molecular weight is 236 g/mol. The van der Waals surface area contributed by atoms with Crippen LogP contribution < -0.4 is 4.84 Å². The molecule has 2 aromatic rings. The molecule has 0 amide bonds. The number of hydrogen-bond acceptors (Lipinski definition) is 4. The molecule has 0 aromatic carbocycles. The van der Waals surface area contributed by atoms with E-state index in [1.807, 2.05) is 0 Å². The van der Waals surface area contributed by atoms with Crippen molar-refractivity contribution in [3.05, 3.63) is 30.2 Å². The highest BCUT2D eigenvalue weighted by atomic mass is 16.7. The van der Waals surface area contributed by atoms with E-state index in [0.29, 0.717) is 12.1 Å². The summed E-state index contributed by atoms with van der Waals surface area (Å²) in [6.45, 7) is 0.661. The van der Waals surface area contributed by atoms with Crippen LogP contribution in [0.3, 0.4) is 0 Å². The van der Waals surface area contributed by atoms with Crippen LogP contribution in [0.1, 0.15) is 10.5 Å². The number of carboxylic acids is 1. The first-order valence-corrected chi connectivity index (χ1v) is 5.05. The second-order valence-corrected chi connectivity index (χ2v) is 3.39. The number of methoxy groups -OCH3 is 1. The largest absolute Gasteiger partial charge is 0.476 e. The molecule has 90 valence electrons. The standard InChI is InChI=1S/C11H12N2O4/c1-16-4-5-17-13-9(11(14)15)6-8-2-3-12-7-10(8)13/h2-3,6-7H,4-5H2,1H3,(H,14,15).